The summed E-state index contributed by atoms with van der Waals surface area (Å²) in [5.74, 6) is 2.13. The highest BCUT2D eigenvalue weighted by Crippen LogP contribution is 2.61. The van der Waals surface area contributed by atoms with Gasteiger partial charge >= 0.3 is 61.4 Å². The number of rotatable bonds is 16. The zero-order valence-electron chi connectivity index (χ0n) is 46.5. The van der Waals surface area contributed by atoms with E-state index in [2.05, 4.69) is 31.8 Å². The van der Waals surface area contributed by atoms with E-state index < -0.39 is 69.7 Å². The summed E-state index contributed by atoms with van der Waals surface area (Å²) in [6, 6.07) is 1.05. The normalized spacial score (nSPS) is 40.5. The molecule has 11 fully saturated rings. The van der Waals surface area contributed by atoms with Gasteiger partial charge in [0.25, 0.3) is 0 Å². The SMILES string of the molecule is C[Si](C)(CCC1CC2C=CC1C2)O[Si]1(C2CCCCC2)O[Si]2(C3CCCCC3)O[Si](O)(C3CCCCC3)O[Si](C3CCCCC3)(O1)O[Si](O[Si](C)(O[Si](O)(O)C1CCCCC1)C1CCCCC1)(C1CCCCC1)O2. The first kappa shape index (κ1) is 56.8. The van der Waals surface area contributed by atoms with E-state index in [1.165, 1.54) is 25.7 Å². The van der Waals surface area contributed by atoms with Crippen LogP contribution in [0.4, 0.5) is 0 Å². The van der Waals surface area contributed by atoms with Gasteiger partial charge in [-0.3, -0.25) is 0 Å². The smallest absolute Gasteiger partial charge is 0.416 e. The molecule has 6 unspecified atom stereocenters. The van der Waals surface area contributed by atoms with Crippen molar-refractivity contribution in [3.05, 3.63) is 12.2 Å². The van der Waals surface area contributed by atoms with E-state index in [0.29, 0.717) is 11.8 Å². The second-order valence-corrected chi connectivity index (χ2v) is 53.8. The predicted molar refractivity (Wildman–Crippen MR) is 306 cm³/mol. The molecule has 6 atom stereocenters. The van der Waals surface area contributed by atoms with Crippen LogP contribution in [0, 0.1) is 17.8 Å². The molecular formula is C54H102O12Si8. The van der Waals surface area contributed by atoms with Crippen molar-refractivity contribution < 1.29 is 51.4 Å². The maximum Gasteiger partial charge on any atom is 0.489 e. The lowest BCUT2D eigenvalue weighted by molar-refractivity contribution is 0.000837. The minimum atomic E-state index is -4.28. The van der Waals surface area contributed by atoms with Crippen LogP contribution in [0.25, 0.3) is 0 Å². The Hall–Kier alpha value is 0.995. The molecule has 8 saturated carbocycles. The highest BCUT2D eigenvalue weighted by molar-refractivity contribution is 6.99. The van der Waals surface area contributed by atoms with Crippen LogP contribution in [0.1, 0.15) is 244 Å². The van der Waals surface area contributed by atoms with E-state index >= 15 is 0 Å². The summed E-state index contributed by atoms with van der Waals surface area (Å²) in [4.78, 5) is 39.4. The van der Waals surface area contributed by atoms with Crippen molar-refractivity contribution in [2.45, 2.75) is 308 Å². The lowest BCUT2D eigenvalue weighted by Gasteiger charge is -2.62. The Morgan fingerprint density at radius 3 is 1.26 bits per heavy atom. The molecule has 4 bridgehead atoms. The van der Waals surface area contributed by atoms with Gasteiger partial charge in [-0.15, -0.1) is 0 Å². The van der Waals surface area contributed by atoms with Gasteiger partial charge in [-0.25, -0.2) is 0 Å². The molecule has 74 heavy (non-hydrogen) atoms. The molecule has 3 saturated heterocycles. The molecule has 3 aliphatic heterocycles. The molecule has 0 spiro atoms. The Balaban J connectivity index is 1.11. The van der Waals surface area contributed by atoms with Crippen LogP contribution in [-0.4, -0.2) is 84.1 Å². The van der Waals surface area contributed by atoms with Crippen molar-refractivity contribution in [3.8, 4) is 0 Å². The summed E-state index contributed by atoms with van der Waals surface area (Å²) in [5.41, 5.74) is -0.585. The van der Waals surface area contributed by atoms with E-state index in [0.717, 1.165) is 230 Å². The molecule has 9 aliphatic carbocycles. The quantitative estimate of drug-likeness (QED) is 0.1000. The number of fused-ring (bicyclic) bond motifs is 8. The Labute approximate surface area is 456 Å². The van der Waals surface area contributed by atoms with Crippen molar-refractivity contribution in [2.75, 3.05) is 0 Å². The third-order valence-electron chi connectivity index (χ3n) is 21.4. The lowest BCUT2D eigenvalue weighted by atomic mass is 9.91. The fourth-order valence-corrected chi connectivity index (χ4v) is 63.0. The molecular weight excluding hydrogens is 1070 g/mol. The van der Waals surface area contributed by atoms with Gasteiger partial charge in [0.15, 0.2) is 8.32 Å². The van der Waals surface area contributed by atoms with Crippen LogP contribution < -0.4 is 0 Å². The van der Waals surface area contributed by atoms with E-state index in [1.54, 1.807) is 0 Å². The average Bonchev–Trinajstić information content (AvgIpc) is 4.08. The number of hydrogen-bond donors (Lipinski definition) is 3. The Bertz CT molecular complexity index is 1820. The Kier molecular flexibility index (Phi) is 18.2. The van der Waals surface area contributed by atoms with Gasteiger partial charge in [0.2, 0.25) is 0 Å². The largest absolute Gasteiger partial charge is 0.489 e. The first-order chi connectivity index (χ1) is 35.6. The second-order valence-electron chi connectivity index (χ2n) is 27.3. The van der Waals surface area contributed by atoms with Gasteiger partial charge in [0, 0.05) is 38.8 Å². The fourth-order valence-electron chi connectivity index (χ4n) is 17.1. The van der Waals surface area contributed by atoms with Gasteiger partial charge in [-0.05, 0) is 146 Å². The zero-order chi connectivity index (χ0) is 51.1. The summed E-state index contributed by atoms with van der Waals surface area (Å²) in [6.45, 7) is 7.08. The molecule has 0 radical (unpaired) electrons. The highest BCUT2D eigenvalue weighted by atomic mass is 28.6. The van der Waals surface area contributed by atoms with Crippen LogP contribution in [0.15, 0.2) is 12.2 Å². The topological polar surface area (TPSA) is 144 Å². The van der Waals surface area contributed by atoms with E-state index in [4.69, 9.17) is 37.0 Å². The van der Waals surface area contributed by atoms with Crippen molar-refractivity contribution in [1.82, 2.24) is 0 Å². The highest BCUT2D eigenvalue weighted by Gasteiger charge is 2.81. The zero-order valence-corrected chi connectivity index (χ0v) is 54.5. The van der Waals surface area contributed by atoms with Crippen LogP contribution >= 0.6 is 0 Å². The summed E-state index contributed by atoms with van der Waals surface area (Å²) in [7, 11) is -31.4. The van der Waals surface area contributed by atoms with Crippen molar-refractivity contribution in [3.63, 3.8) is 0 Å². The van der Waals surface area contributed by atoms with Crippen molar-refractivity contribution >= 4 is 69.7 Å². The minimum absolute atomic E-state index is 0.0460. The third kappa shape index (κ3) is 12.2. The molecule has 20 heteroatoms. The van der Waals surface area contributed by atoms with Crippen molar-refractivity contribution in [1.29, 1.82) is 0 Å². The van der Waals surface area contributed by atoms with Crippen LogP contribution in [0.3, 0.4) is 0 Å². The molecule has 0 aromatic carbocycles. The van der Waals surface area contributed by atoms with E-state index in [9.17, 15) is 14.4 Å². The first-order valence-electron chi connectivity index (χ1n) is 31.8. The predicted octanol–water partition coefficient (Wildman–Crippen LogP) is 15.0. The molecule has 3 heterocycles. The standard InChI is InChI=1S/C54H102O12Si8/c1-67(2,42-41-47-44-45-39-40-46(47)43-45)58-71(51-31-17-7-18-32-51)63-73(53-35-21-9-22-36-53)61-70(57,50-29-15-6-16-30-50)62-74(64-71,54-37-23-10-24-38-54)66-72(65-73,52-33-19-8-20-34-52)60-68(3,48-25-11-4-12-26-48)59-69(55,56)49-27-13-5-14-28-49/h39-40,45-57H,4-38,41-44H2,1-3H3. The molecule has 12 aliphatic rings. The van der Waals surface area contributed by atoms with E-state index in [-0.39, 0.29) is 38.8 Å². The number of hydrogen-bond acceptors (Lipinski definition) is 12. The summed E-state index contributed by atoms with van der Waals surface area (Å²) >= 11 is 0. The maximum atomic E-state index is 14.2. The molecule has 3 N–H and O–H groups in total. The number of allylic oxidation sites excluding steroid dienone is 2. The van der Waals surface area contributed by atoms with Crippen LogP contribution in [0.5, 0.6) is 0 Å². The van der Waals surface area contributed by atoms with Gasteiger partial charge in [-0.2, -0.15) is 0 Å². The molecule has 12 rings (SSSR count). The molecule has 422 valence electrons. The maximum absolute atomic E-state index is 14.2. The third-order valence-corrected chi connectivity index (χ3v) is 57.2. The van der Waals surface area contributed by atoms with Crippen molar-refractivity contribution in [2.24, 2.45) is 17.8 Å². The van der Waals surface area contributed by atoms with E-state index in [1.807, 2.05) is 0 Å². The van der Waals surface area contributed by atoms with Gasteiger partial charge in [-0.1, -0.05) is 153 Å². The van der Waals surface area contributed by atoms with Gasteiger partial charge < -0.3 is 51.4 Å². The summed E-state index contributed by atoms with van der Waals surface area (Å²) in [5, 5.41) is 0. The summed E-state index contributed by atoms with van der Waals surface area (Å²) < 4.78 is 75.3. The van der Waals surface area contributed by atoms with Gasteiger partial charge in [0.05, 0.1) is 0 Å². The van der Waals surface area contributed by atoms with Gasteiger partial charge in [0.1, 0.15) is 0 Å². The average molecular weight is 1170 g/mol. The fraction of sp³-hybridized carbons (Fsp3) is 0.963. The molecule has 12 nitrogen and oxygen atoms in total. The van der Waals surface area contributed by atoms with Crippen LogP contribution in [0.2, 0.25) is 64.5 Å². The van der Waals surface area contributed by atoms with Crippen LogP contribution in [-0.2, 0) is 37.0 Å². The molecule has 0 amide bonds. The molecule has 0 aromatic rings. The Morgan fingerprint density at radius 2 is 0.838 bits per heavy atom. The Morgan fingerprint density at radius 1 is 0.446 bits per heavy atom. The first-order valence-corrected chi connectivity index (χ1v) is 48.2. The minimum Gasteiger partial charge on any atom is -0.416 e. The monoisotopic (exact) mass is 1170 g/mol. The second kappa shape index (κ2) is 23.7. The lowest BCUT2D eigenvalue weighted by Crippen LogP contribution is -2.84. The molecule has 0 aromatic heterocycles. The summed E-state index contributed by atoms with van der Waals surface area (Å²) in [6.07, 6.45) is 43.9.